The van der Waals surface area contributed by atoms with Crippen molar-refractivity contribution >= 4 is 17.9 Å². The standard InChI is InChI=1S/C18H26N2O2S/c1-18(2,3)22-17(21)20-10-6-7-13(20)11-19-15-12-23-16-9-5-4-8-14(15)16/h4-5,8-9,13,15,19H,6-7,10-12H2,1-3H3. The van der Waals surface area contributed by atoms with Gasteiger partial charge in [-0.05, 0) is 45.2 Å². The molecule has 23 heavy (non-hydrogen) atoms. The highest BCUT2D eigenvalue weighted by Crippen LogP contribution is 2.37. The molecule has 0 saturated carbocycles. The zero-order valence-corrected chi connectivity index (χ0v) is 15.0. The fourth-order valence-electron chi connectivity index (χ4n) is 3.22. The van der Waals surface area contributed by atoms with Crippen LogP contribution in [0.3, 0.4) is 0 Å². The molecule has 4 nitrogen and oxygen atoms in total. The van der Waals surface area contributed by atoms with Crippen molar-refractivity contribution in [2.75, 3.05) is 18.8 Å². The molecule has 0 aromatic heterocycles. The van der Waals surface area contributed by atoms with E-state index in [0.29, 0.717) is 6.04 Å². The third-order valence-corrected chi connectivity index (χ3v) is 5.49. The van der Waals surface area contributed by atoms with Crippen molar-refractivity contribution in [3.8, 4) is 0 Å². The van der Waals surface area contributed by atoms with Crippen LogP contribution in [0.5, 0.6) is 0 Å². The number of carbonyl (C=O) groups excluding carboxylic acids is 1. The molecule has 2 heterocycles. The van der Waals surface area contributed by atoms with Crippen molar-refractivity contribution in [3.05, 3.63) is 29.8 Å². The first kappa shape index (κ1) is 16.7. The van der Waals surface area contributed by atoms with E-state index < -0.39 is 5.60 Å². The first-order valence-corrected chi connectivity index (χ1v) is 9.37. The Morgan fingerprint density at radius 3 is 2.96 bits per heavy atom. The second-order valence-corrected chi connectivity index (χ2v) is 8.34. The average molecular weight is 334 g/mol. The Balaban J connectivity index is 1.57. The van der Waals surface area contributed by atoms with Gasteiger partial charge in [-0.15, -0.1) is 11.8 Å². The largest absolute Gasteiger partial charge is 0.444 e. The smallest absolute Gasteiger partial charge is 0.410 e. The topological polar surface area (TPSA) is 41.6 Å². The molecule has 2 aliphatic heterocycles. The molecule has 5 heteroatoms. The molecule has 1 amide bonds. The van der Waals surface area contributed by atoms with Gasteiger partial charge in [0.2, 0.25) is 0 Å². The molecule has 2 atom stereocenters. The van der Waals surface area contributed by atoms with E-state index in [4.69, 9.17) is 4.74 Å². The molecule has 126 valence electrons. The van der Waals surface area contributed by atoms with Crippen LogP contribution in [0, 0.1) is 0 Å². The Kier molecular flexibility index (Phi) is 4.87. The van der Waals surface area contributed by atoms with Crippen molar-refractivity contribution in [1.29, 1.82) is 0 Å². The first-order valence-electron chi connectivity index (χ1n) is 8.39. The molecule has 3 rings (SSSR count). The molecular formula is C18H26N2O2S. The highest BCUT2D eigenvalue weighted by molar-refractivity contribution is 7.99. The molecule has 1 aromatic carbocycles. The Morgan fingerprint density at radius 2 is 2.17 bits per heavy atom. The van der Waals surface area contributed by atoms with Gasteiger partial charge in [-0.1, -0.05) is 18.2 Å². The van der Waals surface area contributed by atoms with Gasteiger partial charge in [0.25, 0.3) is 0 Å². The fraction of sp³-hybridized carbons (Fsp3) is 0.611. The molecule has 0 spiro atoms. The first-order chi connectivity index (χ1) is 10.9. The van der Waals surface area contributed by atoms with Crippen LogP contribution >= 0.6 is 11.8 Å². The lowest BCUT2D eigenvalue weighted by atomic mass is 10.1. The van der Waals surface area contributed by atoms with E-state index in [1.54, 1.807) is 0 Å². The van der Waals surface area contributed by atoms with Crippen molar-refractivity contribution in [1.82, 2.24) is 10.2 Å². The molecule has 0 radical (unpaired) electrons. The van der Waals surface area contributed by atoms with Gasteiger partial charge in [-0.2, -0.15) is 0 Å². The zero-order chi connectivity index (χ0) is 16.4. The van der Waals surface area contributed by atoms with Crippen LogP contribution < -0.4 is 5.32 Å². The lowest BCUT2D eigenvalue weighted by Gasteiger charge is -2.29. The van der Waals surface area contributed by atoms with Crippen LogP contribution in [0.4, 0.5) is 4.79 Å². The lowest BCUT2D eigenvalue weighted by molar-refractivity contribution is 0.0225. The molecule has 1 N–H and O–H groups in total. The summed E-state index contributed by atoms with van der Waals surface area (Å²) in [6.07, 6.45) is 1.93. The normalized spacial score (nSPS) is 23.9. The minimum absolute atomic E-state index is 0.178. The van der Waals surface area contributed by atoms with Gasteiger partial charge in [-0.25, -0.2) is 4.79 Å². The summed E-state index contributed by atoms with van der Waals surface area (Å²) in [7, 11) is 0. The number of rotatable bonds is 3. The van der Waals surface area contributed by atoms with Gasteiger partial charge in [0.15, 0.2) is 0 Å². The van der Waals surface area contributed by atoms with E-state index in [9.17, 15) is 4.79 Å². The Morgan fingerprint density at radius 1 is 1.39 bits per heavy atom. The summed E-state index contributed by atoms with van der Waals surface area (Å²) in [5.41, 5.74) is 0.956. The minimum Gasteiger partial charge on any atom is -0.444 e. The van der Waals surface area contributed by atoms with Crippen LogP contribution in [0.15, 0.2) is 29.2 Å². The second kappa shape index (κ2) is 6.73. The number of fused-ring (bicyclic) bond motifs is 1. The van der Waals surface area contributed by atoms with Gasteiger partial charge in [0, 0.05) is 35.8 Å². The average Bonchev–Trinajstić information content (AvgIpc) is 3.10. The van der Waals surface area contributed by atoms with Gasteiger partial charge in [0.05, 0.1) is 0 Å². The van der Waals surface area contributed by atoms with Crippen molar-refractivity contribution in [2.45, 2.75) is 56.2 Å². The van der Waals surface area contributed by atoms with Gasteiger partial charge >= 0.3 is 6.09 Å². The SMILES string of the molecule is CC(C)(C)OC(=O)N1CCCC1CNC1CSc2ccccc21. The number of nitrogens with zero attached hydrogens (tertiary/aromatic N) is 1. The van der Waals surface area contributed by atoms with Crippen LogP contribution in [0.1, 0.15) is 45.2 Å². The van der Waals surface area contributed by atoms with E-state index in [1.807, 2.05) is 37.4 Å². The Labute approximate surface area is 143 Å². The van der Waals surface area contributed by atoms with Crippen molar-refractivity contribution in [2.24, 2.45) is 0 Å². The summed E-state index contributed by atoms with van der Waals surface area (Å²) in [4.78, 5) is 15.6. The fourth-order valence-corrected chi connectivity index (χ4v) is 4.41. The monoisotopic (exact) mass is 334 g/mol. The minimum atomic E-state index is -0.432. The molecule has 2 unspecified atom stereocenters. The van der Waals surface area contributed by atoms with E-state index >= 15 is 0 Å². The van der Waals surface area contributed by atoms with Gasteiger partial charge in [0.1, 0.15) is 5.60 Å². The summed E-state index contributed by atoms with van der Waals surface area (Å²) in [5, 5.41) is 3.66. The summed E-state index contributed by atoms with van der Waals surface area (Å²) in [6, 6.07) is 9.20. The van der Waals surface area contributed by atoms with Crippen molar-refractivity contribution in [3.63, 3.8) is 0 Å². The Hall–Kier alpha value is -1.20. The maximum absolute atomic E-state index is 12.3. The molecular weight excluding hydrogens is 308 g/mol. The second-order valence-electron chi connectivity index (χ2n) is 7.28. The number of carbonyl (C=O) groups is 1. The van der Waals surface area contributed by atoms with Gasteiger partial charge in [-0.3, -0.25) is 0 Å². The molecule has 0 bridgehead atoms. The maximum atomic E-state index is 12.3. The summed E-state index contributed by atoms with van der Waals surface area (Å²) in [5.74, 6) is 1.07. The van der Waals surface area contributed by atoms with Crippen LogP contribution in [0.25, 0.3) is 0 Å². The number of amides is 1. The highest BCUT2D eigenvalue weighted by atomic mass is 32.2. The third kappa shape index (κ3) is 4.01. The van der Waals surface area contributed by atoms with E-state index in [-0.39, 0.29) is 12.1 Å². The number of hydrogen-bond donors (Lipinski definition) is 1. The number of nitrogens with one attached hydrogen (secondary N) is 1. The maximum Gasteiger partial charge on any atom is 0.410 e. The van der Waals surface area contributed by atoms with Crippen LogP contribution in [0.2, 0.25) is 0 Å². The molecule has 1 saturated heterocycles. The summed E-state index contributed by atoms with van der Waals surface area (Å²) in [6.45, 7) is 7.39. The number of benzene rings is 1. The quantitative estimate of drug-likeness (QED) is 0.912. The molecule has 1 aromatic rings. The highest BCUT2D eigenvalue weighted by Gasteiger charge is 2.33. The Bertz CT molecular complexity index is 570. The summed E-state index contributed by atoms with van der Waals surface area (Å²) < 4.78 is 5.54. The number of ether oxygens (including phenoxy) is 1. The van der Waals surface area contributed by atoms with E-state index in [2.05, 4.69) is 29.6 Å². The number of thioether (sulfide) groups is 1. The van der Waals surface area contributed by atoms with Crippen LogP contribution in [-0.2, 0) is 4.74 Å². The molecule has 1 fully saturated rings. The lowest BCUT2D eigenvalue weighted by Crippen LogP contribution is -2.44. The summed E-state index contributed by atoms with van der Waals surface area (Å²) >= 11 is 1.91. The van der Waals surface area contributed by atoms with Gasteiger partial charge < -0.3 is 15.0 Å². The van der Waals surface area contributed by atoms with Crippen molar-refractivity contribution < 1.29 is 9.53 Å². The number of likely N-dealkylation sites (tertiary alicyclic amines) is 1. The zero-order valence-electron chi connectivity index (χ0n) is 14.2. The predicted octanol–water partition coefficient (Wildman–Crippen LogP) is 3.82. The molecule has 0 aliphatic carbocycles. The van der Waals surface area contributed by atoms with Crippen LogP contribution in [-0.4, -0.2) is 41.5 Å². The van der Waals surface area contributed by atoms with E-state index in [0.717, 1.165) is 31.7 Å². The van der Waals surface area contributed by atoms with E-state index in [1.165, 1.54) is 10.5 Å². The molecule has 2 aliphatic rings. The number of hydrogen-bond acceptors (Lipinski definition) is 4. The predicted molar refractivity (Wildman–Crippen MR) is 93.9 cm³/mol. The third-order valence-electron chi connectivity index (χ3n) is 4.30.